The second kappa shape index (κ2) is 6.21. The summed E-state index contributed by atoms with van der Waals surface area (Å²) < 4.78 is 5.47. The third kappa shape index (κ3) is 2.85. The standard InChI is InChI=1S/C15H24N2O/c1-3-18-14-9-7-12(8-10-14)15(11-16)17(2)13-5-4-6-13/h7-10,13,15H,3-6,11,16H2,1-2H3. The molecule has 1 fully saturated rings. The van der Waals surface area contributed by atoms with Gasteiger partial charge in [0, 0.05) is 18.6 Å². The Morgan fingerprint density at radius 3 is 2.44 bits per heavy atom. The summed E-state index contributed by atoms with van der Waals surface area (Å²) in [6.07, 6.45) is 3.98. The lowest BCUT2D eigenvalue weighted by Crippen LogP contribution is -2.42. The van der Waals surface area contributed by atoms with Gasteiger partial charge in [0.1, 0.15) is 5.75 Å². The summed E-state index contributed by atoms with van der Waals surface area (Å²) in [6.45, 7) is 3.38. The van der Waals surface area contributed by atoms with Crippen molar-refractivity contribution in [1.29, 1.82) is 0 Å². The number of nitrogens with two attached hydrogens (primary N) is 1. The third-order valence-corrected chi connectivity index (χ3v) is 3.94. The van der Waals surface area contributed by atoms with Crippen molar-refractivity contribution in [3.05, 3.63) is 29.8 Å². The van der Waals surface area contributed by atoms with Crippen LogP contribution >= 0.6 is 0 Å². The van der Waals surface area contributed by atoms with E-state index in [2.05, 4.69) is 24.1 Å². The zero-order chi connectivity index (χ0) is 13.0. The molecule has 0 amide bonds. The first-order chi connectivity index (χ1) is 8.76. The first kappa shape index (κ1) is 13.4. The summed E-state index contributed by atoms with van der Waals surface area (Å²) in [5.74, 6) is 0.934. The fraction of sp³-hybridized carbons (Fsp3) is 0.600. The highest BCUT2D eigenvalue weighted by Gasteiger charge is 2.27. The Hall–Kier alpha value is -1.06. The lowest BCUT2D eigenvalue weighted by molar-refractivity contribution is 0.113. The number of hydrogen-bond acceptors (Lipinski definition) is 3. The van der Waals surface area contributed by atoms with Gasteiger partial charge in [0.05, 0.1) is 6.61 Å². The van der Waals surface area contributed by atoms with E-state index in [1.165, 1.54) is 24.8 Å². The highest BCUT2D eigenvalue weighted by atomic mass is 16.5. The summed E-state index contributed by atoms with van der Waals surface area (Å²) in [5.41, 5.74) is 7.23. The van der Waals surface area contributed by atoms with E-state index in [-0.39, 0.29) is 0 Å². The predicted octanol–water partition coefficient (Wildman–Crippen LogP) is 2.57. The maximum Gasteiger partial charge on any atom is 0.119 e. The van der Waals surface area contributed by atoms with Crippen LogP contribution in [0.5, 0.6) is 5.75 Å². The van der Waals surface area contributed by atoms with E-state index in [0.717, 1.165) is 5.75 Å². The predicted molar refractivity (Wildman–Crippen MR) is 74.8 cm³/mol. The number of likely N-dealkylation sites (N-methyl/N-ethyl adjacent to an activating group) is 1. The highest BCUT2D eigenvalue weighted by molar-refractivity contribution is 5.29. The van der Waals surface area contributed by atoms with Crippen LogP contribution < -0.4 is 10.5 Å². The van der Waals surface area contributed by atoms with Gasteiger partial charge >= 0.3 is 0 Å². The zero-order valence-electron chi connectivity index (χ0n) is 11.4. The van der Waals surface area contributed by atoms with Crippen molar-refractivity contribution in [2.45, 2.75) is 38.3 Å². The van der Waals surface area contributed by atoms with Crippen LogP contribution in [0.2, 0.25) is 0 Å². The smallest absolute Gasteiger partial charge is 0.119 e. The van der Waals surface area contributed by atoms with Gasteiger partial charge in [0.2, 0.25) is 0 Å². The van der Waals surface area contributed by atoms with Gasteiger partial charge in [-0.2, -0.15) is 0 Å². The zero-order valence-corrected chi connectivity index (χ0v) is 11.4. The molecule has 0 aromatic heterocycles. The van der Waals surface area contributed by atoms with Crippen molar-refractivity contribution in [3.8, 4) is 5.75 Å². The first-order valence-electron chi connectivity index (χ1n) is 6.91. The number of ether oxygens (including phenoxy) is 1. The topological polar surface area (TPSA) is 38.5 Å². The number of rotatable bonds is 6. The monoisotopic (exact) mass is 248 g/mol. The summed E-state index contributed by atoms with van der Waals surface area (Å²) >= 11 is 0. The Balaban J connectivity index is 2.06. The van der Waals surface area contributed by atoms with Crippen molar-refractivity contribution < 1.29 is 4.74 Å². The lowest BCUT2D eigenvalue weighted by atomic mass is 9.89. The number of nitrogens with zero attached hydrogens (tertiary/aromatic N) is 1. The second-order valence-corrected chi connectivity index (χ2v) is 5.00. The molecule has 0 saturated heterocycles. The number of benzene rings is 1. The Labute approximate surface area is 110 Å². The maximum atomic E-state index is 5.95. The largest absolute Gasteiger partial charge is 0.494 e. The van der Waals surface area contributed by atoms with Crippen LogP contribution in [0.15, 0.2) is 24.3 Å². The molecule has 1 saturated carbocycles. The van der Waals surface area contributed by atoms with Crippen LogP contribution in [0.4, 0.5) is 0 Å². The van der Waals surface area contributed by atoms with Crippen LogP contribution in [0, 0.1) is 0 Å². The van der Waals surface area contributed by atoms with Gasteiger partial charge < -0.3 is 10.5 Å². The van der Waals surface area contributed by atoms with E-state index in [4.69, 9.17) is 10.5 Å². The summed E-state index contributed by atoms with van der Waals surface area (Å²) in [5, 5.41) is 0. The fourth-order valence-corrected chi connectivity index (χ4v) is 2.54. The quantitative estimate of drug-likeness (QED) is 0.841. The molecule has 100 valence electrons. The van der Waals surface area contributed by atoms with Gasteiger partial charge in [-0.25, -0.2) is 0 Å². The normalized spacial score (nSPS) is 17.6. The van der Waals surface area contributed by atoms with Crippen molar-refractivity contribution in [1.82, 2.24) is 4.90 Å². The van der Waals surface area contributed by atoms with Crippen LogP contribution in [0.3, 0.4) is 0 Å². The Morgan fingerprint density at radius 2 is 2.00 bits per heavy atom. The average Bonchev–Trinajstić information content (AvgIpc) is 2.30. The van der Waals surface area contributed by atoms with Gasteiger partial charge in [-0.1, -0.05) is 18.6 Å². The van der Waals surface area contributed by atoms with Crippen LogP contribution in [-0.2, 0) is 0 Å². The number of hydrogen-bond donors (Lipinski definition) is 1. The SMILES string of the molecule is CCOc1ccc(C(CN)N(C)C2CCC2)cc1. The van der Waals surface area contributed by atoms with Gasteiger partial charge in [-0.3, -0.25) is 4.90 Å². The molecule has 2 N–H and O–H groups in total. The van der Waals surface area contributed by atoms with Crippen LogP contribution in [0.1, 0.15) is 37.8 Å². The van der Waals surface area contributed by atoms with E-state index in [9.17, 15) is 0 Å². The molecule has 0 heterocycles. The molecule has 2 rings (SSSR count). The van der Waals surface area contributed by atoms with E-state index in [0.29, 0.717) is 25.2 Å². The molecule has 1 aromatic carbocycles. The maximum absolute atomic E-state index is 5.95. The Bertz CT molecular complexity index is 359. The minimum absolute atomic E-state index is 0.325. The second-order valence-electron chi connectivity index (χ2n) is 5.00. The molecule has 0 spiro atoms. The molecule has 1 atom stereocenters. The molecule has 3 heteroatoms. The molecule has 0 aliphatic heterocycles. The van der Waals surface area contributed by atoms with Crippen molar-refractivity contribution in [2.24, 2.45) is 5.73 Å². The average molecular weight is 248 g/mol. The van der Waals surface area contributed by atoms with Gasteiger partial charge in [0.25, 0.3) is 0 Å². The van der Waals surface area contributed by atoms with E-state index in [1.807, 2.05) is 19.1 Å². The summed E-state index contributed by atoms with van der Waals surface area (Å²) in [7, 11) is 2.19. The summed E-state index contributed by atoms with van der Waals surface area (Å²) in [6, 6.07) is 9.39. The summed E-state index contributed by atoms with van der Waals surface area (Å²) in [4.78, 5) is 2.43. The highest BCUT2D eigenvalue weighted by Crippen LogP contribution is 2.30. The molecular weight excluding hydrogens is 224 g/mol. The first-order valence-corrected chi connectivity index (χ1v) is 6.91. The van der Waals surface area contributed by atoms with Crippen molar-refractivity contribution >= 4 is 0 Å². The molecule has 1 aliphatic rings. The van der Waals surface area contributed by atoms with E-state index < -0.39 is 0 Å². The van der Waals surface area contributed by atoms with Crippen molar-refractivity contribution in [3.63, 3.8) is 0 Å². The van der Waals surface area contributed by atoms with Gasteiger partial charge in [-0.05, 0) is 44.5 Å². The molecule has 3 nitrogen and oxygen atoms in total. The minimum Gasteiger partial charge on any atom is -0.494 e. The molecule has 1 aromatic rings. The molecule has 1 aliphatic carbocycles. The minimum atomic E-state index is 0.325. The van der Waals surface area contributed by atoms with E-state index >= 15 is 0 Å². The molecule has 0 bridgehead atoms. The van der Waals surface area contributed by atoms with Crippen LogP contribution in [-0.4, -0.2) is 31.1 Å². The Kier molecular flexibility index (Phi) is 4.61. The van der Waals surface area contributed by atoms with Crippen molar-refractivity contribution in [2.75, 3.05) is 20.2 Å². The van der Waals surface area contributed by atoms with Gasteiger partial charge in [0.15, 0.2) is 0 Å². The molecule has 0 radical (unpaired) electrons. The van der Waals surface area contributed by atoms with E-state index in [1.54, 1.807) is 0 Å². The molecule has 1 unspecified atom stereocenters. The fourth-order valence-electron chi connectivity index (χ4n) is 2.54. The Morgan fingerprint density at radius 1 is 1.33 bits per heavy atom. The van der Waals surface area contributed by atoms with Gasteiger partial charge in [-0.15, -0.1) is 0 Å². The lowest BCUT2D eigenvalue weighted by Gasteiger charge is -2.39. The molecular formula is C15H24N2O. The third-order valence-electron chi connectivity index (χ3n) is 3.94. The molecule has 18 heavy (non-hydrogen) atoms. The van der Waals surface area contributed by atoms with Crippen LogP contribution in [0.25, 0.3) is 0 Å².